The van der Waals surface area contributed by atoms with Crippen LogP contribution in [0.1, 0.15) is 13.8 Å². The van der Waals surface area contributed by atoms with Gasteiger partial charge in [-0.2, -0.15) is 0 Å². The molecule has 1 rings (SSSR count). The molecule has 0 bridgehead atoms. The summed E-state index contributed by atoms with van der Waals surface area (Å²) in [4.78, 5) is 0. The Morgan fingerprint density at radius 2 is 1.33 bits per heavy atom. The Morgan fingerprint density at radius 1 is 0.917 bits per heavy atom. The van der Waals surface area contributed by atoms with Crippen molar-refractivity contribution in [2.24, 2.45) is 0 Å². The molecule has 1 aliphatic heterocycles. The van der Waals surface area contributed by atoms with Crippen LogP contribution < -0.4 is 10.6 Å². The zero-order valence-electron chi connectivity index (χ0n) is 7.72. The predicted molar refractivity (Wildman–Crippen MR) is 52.7 cm³/mol. The van der Waals surface area contributed by atoms with Crippen LogP contribution in [0.25, 0.3) is 0 Å². The van der Waals surface area contributed by atoms with Gasteiger partial charge in [0.2, 0.25) is 0 Å². The van der Waals surface area contributed by atoms with Crippen LogP contribution in [0.5, 0.6) is 0 Å². The van der Waals surface area contributed by atoms with Crippen molar-refractivity contribution in [1.29, 1.82) is 0 Å². The van der Waals surface area contributed by atoms with Gasteiger partial charge in [-0.15, -0.1) is 0 Å². The zero-order chi connectivity index (χ0) is 8.81. The molecule has 0 fully saturated rings. The third-order valence-corrected chi connectivity index (χ3v) is 1.71. The molecule has 0 radical (unpaired) electrons. The summed E-state index contributed by atoms with van der Waals surface area (Å²) in [5.41, 5.74) is 2.36. The lowest BCUT2D eigenvalue weighted by Gasteiger charge is -2.19. The van der Waals surface area contributed by atoms with Gasteiger partial charge in [0.1, 0.15) is 0 Å². The largest absolute Gasteiger partial charge is 0.382 e. The van der Waals surface area contributed by atoms with Crippen LogP contribution in [0.4, 0.5) is 0 Å². The Hall–Kier alpha value is -1.18. The minimum absolute atomic E-state index is 1.00. The van der Waals surface area contributed by atoms with Gasteiger partial charge in [0, 0.05) is 13.1 Å². The van der Waals surface area contributed by atoms with Crippen LogP contribution in [0.2, 0.25) is 0 Å². The van der Waals surface area contributed by atoms with E-state index >= 15 is 0 Å². The number of allylic oxidation sites excluding steroid dienone is 4. The van der Waals surface area contributed by atoms with Gasteiger partial charge >= 0.3 is 0 Å². The molecule has 0 aromatic heterocycles. The summed E-state index contributed by atoms with van der Waals surface area (Å²) in [6.07, 6.45) is 8.25. The summed E-state index contributed by atoms with van der Waals surface area (Å²) in [5, 5.41) is 6.67. The summed E-state index contributed by atoms with van der Waals surface area (Å²) >= 11 is 0. The van der Waals surface area contributed by atoms with Gasteiger partial charge in [-0.25, -0.2) is 0 Å². The minimum atomic E-state index is 1.00. The molecule has 0 atom stereocenters. The van der Waals surface area contributed by atoms with Crippen LogP contribution in [0.15, 0.2) is 35.7 Å². The molecule has 2 N–H and O–H groups in total. The normalized spacial score (nSPS) is 18.5. The van der Waals surface area contributed by atoms with Crippen molar-refractivity contribution >= 4 is 0 Å². The molecule has 0 saturated heterocycles. The first-order valence-electron chi connectivity index (χ1n) is 4.36. The smallest absolute Gasteiger partial charge is 0.0573 e. The second-order valence-corrected chi connectivity index (χ2v) is 2.68. The highest BCUT2D eigenvalue weighted by molar-refractivity contribution is 5.32. The van der Waals surface area contributed by atoms with E-state index in [0.29, 0.717) is 0 Å². The van der Waals surface area contributed by atoms with E-state index in [1.807, 2.05) is 26.0 Å². The molecule has 12 heavy (non-hydrogen) atoms. The highest BCUT2D eigenvalue weighted by Crippen LogP contribution is 2.04. The fourth-order valence-corrected chi connectivity index (χ4v) is 1.22. The number of nitrogens with one attached hydrogen (secondary N) is 2. The molecule has 0 aromatic rings. The monoisotopic (exact) mass is 164 g/mol. The van der Waals surface area contributed by atoms with E-state index in [-0.39, 0.29) is 0 Å². The van der Waals surface area contributed by atoms with Crippen LogP contribution >= 0.6 is 0 Å². The van der Waals surface area contributed by atoms with E-state index in [0.717, 1.165) is 13.1 Å². The van der Waals surface area contributed by atoms with Crippen LogP contribution in [0, 0.1) is 0 Å². The molecule has 2 nitrogen and oxygen atoms in total. The second-order valence-electron chi connectivity index (χ2n) is 2.68. The first kappa shape index (κ1) is 8.91. The standard InChI is InChI=1S/C10H16N2/c1-3-5-9-10(6-4-2)12-8-7-11-9/h3-6,11-12H,7-8H2,1-2H3/b5-3-,6-4-. The molecular formula is C10H16N2. The molecular weight excluding hydrogens is 148 g/mol. The maximum Gasteiger partial charge on any atom is 0.0573 e. The number of rotatable bonds is 2. The highest BCUT2D eigenvalue weighted by atomic mass is 15.0. The molecule has 0 amide bonds. The topological polar surface area (TPSA) is 24.1 Å². The summed E-state index contributed by atoms with van der Waals surface area (Å²) < 4.78 is 0. The molecule has 0 aliphatic carbocycles. The second kappa shape index (κ2) is 4.65. The van der Waals surface area contributed by atoms with Gasteiger partial charge in [0.05, 0.1) is 11.4 Å². The number of hydrogen-bond acceptors (Lipinski definition) is 2. The fourth-order valence-electron chi connectivity index (χ4n) is 1.22. The lowest BCUT2D eigenvalue weighted by molar-refractivity contribution is 0.675. The lowest BCUT2D eigenvalue weighted by Crippen LogP contribution is -2.34. The maximum atomic E-state index is 3.33. The van der Waals surface area contributed by atoms with Crippen LogP contribution in [-0.2, 0) is 0 Å². The van der Waals surface area contributed by atoms with Crippen LogP contribution in [-0.4, -0.2) is 13.1 Å². The molecule has 66 valence electrons. The van der Waals surface area contributed by atoms with Crippen molar-refractivity contribution in [3.05, 3.63) is 35.7 Å². The minimum Gasteiger partial charge on any atom is -0.382 e. The zero-order valence-corrected chi connectivity index (χ0v) is 7.72. The van der Waals surface area contributed by atoms with Crippen LogP contribution in [0.3, 0.4) is 0 Å². The van der Waals surface area contributed by atoms with Gasteiger partial charge in [0.25, 0.3) is 0 Å². The molecule has 2 heteroatoms. The summed E-state index contributed by atoms with van der Waals surface area (Å²) in [6, 6.07) is 0. The van der Waals surface area contributed by atoms with Crippen molar-refractivity contribution in [2.75, 3.05) is 13.1 Å². The maximum absolute atomic E-state index is 3.33. The fraction of sp³-hybridized carbons (Fsp3) is 0.400. The van der Waals surface area contributed by atoms with E-state index in [4.69, 9.17) is 0 Å². The first-order chi connectivity index (χ1) is 5.88. The average Bonchev–Trinajstić information content (AvgIpc) is 2.09. The third-order valence-electron chi connectivity index (χ3n) is 1.71. The van der Waals surface area contributed by atoms with E-state index in [1.165, 1.54) is 11.4 Å². The molecule has 0 unspecified atom stereocenters. The lowest BCUT2D eigenvalue weighted by atomic mass is 10.2. The van der Waals surface area contributed by atoms with E-state index in [2.05, 4.69) is 22.8 Å². The number of hydrogen-bond donors (Lipinski definition) is 2. The average molecular weight is 164 g/mol. The van der Waals surface area contributed by atoms with E-state index < -0.39 is 0 Å². The van der Waals surface area contributed by atoms with Gasteiger partial charge in [-0.05, 0) is 26.0 Å². The quantitative estimate of drug-likeness (QED) is 0.647. The Bertz CT molecular complexity index is 200. The first-order valence-corrected chi connectivity index (χ1v) is 4.36. The van der Waals surface area contributed by atoms with E-state index in [9.17, 15) is 0 Å². The molecule has 1 heterocycles. The third kappa shape index (κ3) is 2.16. The summed E-state index contributed by atoms with van der Waals surface area (Å²) in [5.74, 6) is 0. The van der Waals surface area contributed by atoms with Crippen molar-refractivity contribution in [2.45, 2.75) is 13.8 Å². The van der Waals surface area contributed by atoms with Gasteiger partial charge in [-0.3, -0.25) is 0 Å². The molecule has 1 aliphatic rings. The SMILES string of the molecule is C/C=C\C1=C(/C=C\C)NCCN1. The van der Waals surface area contributed by atoms with Gasteiger partial charge < -0.3 is 10.6 Å². The molecule has 0 spiro atoms. The van der Waals surface area contributed by atoms with Crippen molar-refractivity contribution in [3.63, 3.8) is 0 Å². The van der Waals surface area contributed by atoms with Gasteiger partial charge in [0.15, 0.2) is 0 Å². The Labute approximate surface area is 74.0 Å². The van der Waals surface area contributed by atoms with Crippen molar-refractivity contribution < 1.29 is 0 Å². The van der Waals surface area contributed by atoms with Crippen molar-refractivity contribution in [1.82, 2.24) is 10.6 Å². The Balaban J connectivity index is 2.82. The van der Waals surface area contributed by atoms with Gasteiger partial charge in [-0.1, -0.05) is 12.2 Å². The predicted octanol–water partition coefficient (Wildman–Crippen LogP) is 1.54. The van der Waals surface area contributed by atoms with Crippen molar-refractivity contribution in [3.8, 4) is 0 Å². The Kier molecular flexibility index (Phi) is 3.45. The van der Waals surface area contributed by atoms with E-state index in [1.54, 1.807) is 0 Å². The summed E-state index contributed by atoms with van der Waals surface area (Å²) in [7, 11) is 0. The highest BCUT2D eigenvalue weighted by Gasteiger charge is 2.04. The molecule has 0 aromatic carbocycles. The molecule has 0 saturated carbocycles. The summed E-state index contributed by atoms with van der Waals surface area (Å²) in [6.45, 7) is 6.05. The Morgan fingerprint density at radius 3 is 1.67 bits per heavy atom.